The maximum atomic E-state index is 12.5. The molecule has 2 rings (SSSR count). The molecule has 0 unspecified atom stereocenters. The quantitative estimate of drug-likeness (QED) is 0.909. The number of hydrogen-bond donors (Lipinski definition) is 1. The molecule has 5 heteroatoms. The summed E-state index contributed by atoms with van der Waals surface area (Å²) in [7, 11) is 1.82. The molecule has 1 amide bonds. The van der Waals surface area contributed by atoms with Gasteiger partial charge < -0.3 is 15.4 Å². The maximum absolute atomic E-state index is 12.5. The Morgan fingerprint density at radius 3 is 2.57 bits per heavy atom. The van der Waals surface area contributed by atoms with Crippen LogP contribution in [-0.4, -0.2) is 30.0 Å². The van der Waals surface area contributed by atoms with Crippen molar-refractivity contribution in [3.63, 3.8) is 0 Å². The lowest BCUT2D eigenvalue weighted by Gasteiger charge is -2.29. The van der Waals surface area contributed by atoms with Gasteiger partial charge in [-0.2, -0.15) is 0 Å². The highest BCUT2D eigenvalue weighted by Crippen LogP contribution is 2.29. The molecule has 1 aliphatic rings. The first kappa shape index (κ1) is 17.8. The van der Waals surface area contributed by atoms with Crippen LogP contribution in [0.4, 0.5) is 0 Å². The van der Waals surface area contributed by atoms with E-state index in [0.29, 0.717) is 13.2 Å². The maximum Gasteiger partial charge on any atom is 0.242 e. The van der Waals surface area contributed by atoms with Crippen LogP contribution in [0.3, 0.4) is 0 Å². The molecule has 1 aromatic rings. The first-order valence-corrected chi connectivity index (χ1v) is 7.32. The Kier molecular flexibility index (Phi) is 6.49. The van der Waals surface area contributed by atoms with Crippen molar-refractivity contribution in [2.24, 2.45) is 5.73 Å². The first-order chi connectivity index (χ1) is 9.57. The van der Waals surface area contributed by atoms with Crippen LogP contribution in [0.2, 0.25) is 0 Å². The van der Waals surface area contributed by atoms with Crippen molar-refractivity contribution in [3.8, 4) is 5.75 Å². The van der Waals surface area contributed by atoms with E-state index in [1.165, 1.54) is 0 Å². The van der Waals surface area contributed by atoms with Gasteiger partial charge in [0.1, 0.15) is 5.75 Å². The summed E-state index contributed by atoms with van der Waals surface area (Å²) < 4.78 is 5.60. The fraction of sp³-hybridized carbons (Fsp3) is 0.562. The lowest BCUT2D eigenvalue weighted by molar-refractivity contribution is -0.136. The number of ether oxygens (including phenoxy) is 1. The average Bonchev–Trinajstić information content (AvgIpc) is 2.88. The molecule has 1 fully saturated rings. The van der Waals surface area contributed by atoms with E-state index in [2.05, 4.69) is 0 Å². The molecular formula is C16H25ClN2O2. The predicted octanol–water partition coefficient (Wildman–Crippen LogP) is 2.74. The summed E-state index contributed by atoms with van der Waals surface area (Å²) >= 11 is 0. The van der Waals surface area contributed by atoms with Crippen LogP contribution in [0.1, 0.15) is 38.2 Å². The van der Waals surface area contributed by atoms with Crippen molar-refractivity contribution in [1.29, 1.82) is 0 Å². The van der Waals surface area contributed by atoms with E-state index in [-0.39, 0.29) is 18.3 Å². The summed E-state index contributed by atoms with van der Waals surface area (Å²) in [5, 5.41) is 0. The van der Waals surface area contributed by atoms with Gasteiger partial charge in [0.05, 0.1) is 12.1 Å². The Labute approximate surface area is 133 Å². The number of halogens is 1. The number of nitrogens with two attached hydrogens (primary N) is 1. The molecule has 0 radical (unpaired) electrons. The molecule has 0 aliphatic heterocycles. The van der Waals surface area contributed by atoms with Gasteiger partial charge in [-0.25, -0.2) is 0 Å². The molecule has 0 atom stereocenters. The van der Waals surface area contributed by atoms with E-state index < -0.39 is 5.54 Å². The molecule has 2 N–H and O–H groups in total. The minimum atomic E-state index is -0.657. The summed E-state index contributed by atoms with van der Waals surface area (Å²) in [5.41, 5.74) is 6.59. The predicted molar refractivity (Wildman–Crippen MR) is 86.7 cm³/mol. The second kappa shape index (κ2) is 7.66. The number of benzene rings is 1. The number of para-hydroxylation sites is 1. The van der Waals surface area contributed by atoms with Crippen molar-refractivity contribution >= 4 is 18.3 Å². The van der Waals surface area contributed by atoms with Crippen LogP contribution >= 0.6 is 12.4 Å². The van der Waals surface area contributed by atoms with Gasteiger partial charge >= 0.3 is 0 Å². The van der Waals surface area contributed by atoms with E-state index in [9.17, 15) is 4.79 Å². The number of amides is 1. The van der Waals surface area contributed by atoms with Crippen LogP contribution in [0.15, 0.2) is 24.3 Å². The third-order valence-electron chi connectivity index (χ3n) is 3.95. The van der Waals surface area contributed by atoms with E-state index in [0.717, 1.165) is 37.0 Å². The Balaban J connectivity index is 0.00000220. The van der Waals surface area contributed by atoms with E-state index in [1.54, 1.807) is 4.90 Å². The van der Waals surface area contributed by atoms with Crippen LogP contribution in [0.25, 0.3) is 0 Å². The van der Waals surface area contributed by atoms with Crippen LogP contribution in [0.5, 0.6) is 5.75 Å². The smallest absolute Gasteiger partial charge is 0.242 e. The largest absolute Gasteiger partial charge is 0.494 e. The summed E-state index contributed by atoms with van der Waals surface area (Å²) in [6.45, 7) is 3.11. The lowest BCUT2D eigenvalue weighted by Crippen LogP contribution is -2.52. The van der Waals surface area contributed by atoms with Crippen LogP contribution < -0.4 is 10.5 Å². The second-order valence-corrected chi connectivity index (χ2v) is 5.57. The Morgan fingerprint density at radius 2 is 1.95 bits per heavy atom. The van der Waals surface area contributed by atoms with E-state index in [1.807, 2.05) is 38.2 Å². The molecule has 0 heterocycles. The van der Waals surface area contributed by atoms with Gasteiger partial charge in [0, 0.05) is 19.2 Å². The monoisotopic (exact) mass is 312 g/mol. The highest BCUT2D eigenvalue weighted by Gasteiger charge is 2.38. The molecule has 21 heavy (non-hydrogen) atoms. The first-order valence-electron chi connectivity index (χ1n) is 7.32. The minimum absolute atomic E-state index is 0. The van der Waals surface area contributed by atoms with Gasteiger partial charge in [0.2, 0.25) is 5.91 Å². The van der Waals surface area contributed by atoms with Gasteiger partial charge in [-0.1, -0.05) is 31.0 Å². The number of carbonyl (C=O) groups is 1. The Bertz CT molecular complexity index is 473. The molecule has 118 valence electrons. The van der Waals surface area contributed by atoms with Crippen LogP contribution in [0, 0.1) is 0 Å². The zero-order chi connectivity index (χ0) is 14.6. The molecule has 0 saturated heterocycles. The number of carbonyl (C=O) groups excluding carboxylic acids is 1. The molecule has 1 saturated carbocycles. The van der Waals surface area contributed by atoms with Crippen LogP contribution in [-0.2, 0) is 11.3 Å². The van der Waals surface area contributed by atoms with Gasteiger partial charge in [-0.3, -0.25) is 4.79 Å². The van der Waals surface area contributed by atoms with E-state index >= 15 is 0 Å². The van der Waals surface area contributed by atoms with Gasteiger partial charge in [0.25, 0.3) is 0 Å². The molecular weight excluding hydrogens is 288 g/mol. The third kappa shape index (κ3) is 4.11. The molecule has 0 bridgehead atoms. The number of nitrogens with zero attached hydrogens (tertiary/aromatic N) is 1. The van der Waals surface area contributed by atoms with Crippen molar-refractivity contribution in [3.05, 3.63) is 29.8 Å². The zero-order valence-corrected chi connectivity index (χ0v) is 13.6. The molecule has 1 aliphatic carbocycles. The molecule has 4 nitrogen and oxygen atoms in total. The highest BCUT2D eigenvalue weighted by atomic mass is 35.5. The van der Waals surface area contributed by atoms with Crippen molar-refractivity contribution in [1.82, 2.24) is 4.90 Å². The van der Waals surface area contributed by atoms with Gasteiger partial charge in [-0.15, -0.1) is 12.4 Å². The van der Waals surface area contributed by atoms with Gasteiger partial charge in [-0.05, 0) is 25.8 Å². The SMILES string of the molecule is CCOc1ccccc1CN(C)C(=O)C1(N)CCCC1.Cl. The van der Waals surface area contributed by atoms with E-state index in [4.69, 9.17) is 10.5 Å². The fourth-order valence-electron chi connectivity index (χ4n) is 2.86. The standard InChI is InChI=1S/C16H24N2O2.ClH/c1-3-20-14-9-5-4-8-13(14)12-18(2)15(19)16(17)10-6-7-11-16;/h4-5,8-9H,3,6-7,10-12,17H2,1-2H3;1H. The highest BCUT2D eigenvalue weighted by molar-refractivity contribution is 5.86. The molecule has 0 spiro atoms. The lowest BCUT2D eigenvalue weighted by atomic mass is 9.97. The molecule has 1 aromatic carbocycles. The summed E-state index contributed by atoms with van der Waals surface area (Å²) in [6, 6.07) is 7.83. The van der Waals surface area contributed by atoms with Crippen molar-refractivity contribution in [2.75, 3.05) is 13.7 Å². The Morgan fingerprint density at radius 1 is 1.33 bits per heavy atom. The fourth-order valence-corrected chi connectivity index (χ4v) is 2.86. The normalized spacial score (nSPS) is 16.1. The number of hydrogen-bond acceptors (Lipinski definition) is 3. The third-order valence-corrected chi connectivity index (χ3v) is 3.95. The average molecular weight is 313 g/mol. The van der Waals surface area contributed by atoms with Crippen molar-refractivity contribution < 1.29 is 9.53 Å². The van der Waals surface area contributed by atoms with Gasteiger partial charge in [0.15, 0.2) is 0 Å². The Hall–Kier alpha value is -1.26. The summed E-state index contributed by atoms with van der Waals surface area (Å²) in [6.07, 6.45) is 3.68. The number of rotatable bonds is 5. The summed E-state index contributed by atoms with van der Waals surface area (Å²) in [4.78, 5) is 14.2. The molecule has 0 aromatic heterocycles. The van der Waals surface area contributed by atoms with Crippen molar-refractivity contribution in [2.45, 2.75) is 44.7 Å². The minimum Gasteiger partial charge on any atom is -0.494 e. The zero-order valence-electron chi connectivity index (χ0n) is 12.8. The second-order valence-electron chi connectivity index (χ2n) is 5.57. The summed E-state index contributed by atoms with van der Waals surface area (Å²) in [5.74, 6) is 0.883. The topological polar surface area (TPSA) is 55.6 Å². The number of likely N-dealkylation sites (N-methyl/N-ethyl adjacent to an activating group) is 1.